The molecule has 28 heavy (non-hydrogen) atoms. The number of benzene rings is 2. The van der Waals surface area contributed by atoms with Gasteiger partial charge in [0, 0.05) is 6.07 Å². The summed E-state index contributed by atoms with van der Waals surface area (Å²) in [5, 5.41) is 32.6. The number of phenols is 2. The normalized spacial score (nSPS) is 24.5. The number of hydroxylamine groups is 2. The first-order chi connectivity index (χ1) is 13.3. The number of rotatable bonds is 5. The van der Waals surface area contributed by atoms with E-state index in [-0.39, 0.29) is 16.2 Å². The summed E-state index contributed by atoms with van der Waals surface area (Å²) in [6, 6.07) is 10.7. The zero-order valence-corrected chi connectivity index (χ0v) is 17.0. The average Bonchev–Trinajstić information content (AvgIpc) is 2.74. The lowest BCUT2D eigenvalue weighted by molar-refractivity contribution is -0.193. The third-order valence-corrected chi connectivity index (χ3v) is 7.64. The topological polar surface area (TPSA) is 98.1 Å². The molecule has 0 amide bonds. The maximum atomic E-state index is 13.3. The number of unbranched alkanes of at least 4 members (excludes halogenated alkanes) is 1. The summed E-state index contributed by atoms with van der Waals surface area (Å²) in [4.78, 5) is -0.0532. The van der Waals surface area contributed by atoms with Gasteiger partial charge >= 0.3 is 0 Å². The molecule has 1 aliphatic heterocycles. The molecule has 0 saturated carbocycles. The van der Waals surface area contributed by atoms with Crippen molar-refractivity contribution in [3.8, 4) is 11.5 Å². The van der Waals surface area contributed by atoms with Gasteiger partial charge in [-0.2, -0.15) is 5.06 Å². The summed E-state index contributed by atoms with van der Waals surface area (Å²) in [5.74, 6) is -1.16. The Labute approximate surface area is 165 Å². The quantitative estimate of drug-likeness (QED) is 0.651. The highest BCUT2D eigenvalue weighted by Gasteiger charge is 2.48. The van der Waals surface area contributed by atoms with Gasteiger partial charge in [-0.05, 0) is 30.0 Å². The fourth-order valence-electron chi connectivity index (χ4n) is 4.05. The number of sulfone groups is 1. The standard InChI is InChI=1S/C21H27NO5S/c1-3-5-11-21(4-2)14-28(26,27)19-13-18(24)17(23)12-16(19)20(22(21)25)15-9-7-6-8-10-15/h6-10,12-13,20,23-25H,3-5,11,14H2,1-2H3. The molecule has 152 valence electrons. The van der Waals surface area contributed by atoms with Gasteiger partial charge in [-0.1, -0.05) is 57.0 Å². The summed E-state index contributed by atoms with van der Waals surface area (Å²) in [6.07, 6.45) is 2.61. The minimum absolute atomic E-state index is 0.0532. The van der Waals surface area contributed by atoms with Gasteiger partial charge in [-0.25, -0.2) is 8.42 Å². The van der Waals surface area contributed by atoms with E-state index in [2.05, 4.69) is 0 Å². The van der Waals surface area contributed by atoms with E-state index in [1.54, 1.807) is 0 Å². The van der Waals surface area contributed by atoms with E-state index in [1.165, 1.54) is 6.07 Å². The van der Waals surface area contributed by atoms with Gasteiger partial charge in [0.15, 0.2) is 21.3 Å². The van der Waals surface area contributed by atoms with Crippen molar-refractivity contribution >= 4 is 9.84 Å². The molecule has 6 nitrogen and oxygen atoms in total. The molecule has 2 unspecified atom stereocenters. The molecule has 0 spiro atoms. The van der Waals surface area contributed by atoms with Gasteiger partial charge in [-0.3, -0.25) is 0 Å². The monoisotopic (exact) mass is 405 g/mol. The van der Waals surface area contributed by atoms with Crippen LogP contribution >= 0.6 is 0 Å². The van der Waals surface area contributed by atoms with Gasteiger partial charge in [0.05, 0.1) is 22.2 Å². The smallest absolute Gasteiger partial charge is 0.180 e. The average molecular weight is 406 g/mol. The zero-order chi connectivity index (χ0) is 20.5. The molecular formula is C21H27NO5S. The third-order valence-electron chi connectivity index (χ3n) is 5.69. The number of phenolic OH excluding ortho intramolecular Hbond substituents is 2. The van der Waals surface area contributed by atoms with Crippen LogP contribution in [0.3, 0.4) is 0 Å². The number of fused-ring (bicyclic) bond motifs is 1. The maximum Gasteiger partial charge on any atom is 0.180 e. The van der Waals surface area contributed by atoms with Crippen LogP contribution in [-0.2, 0) is 9.84 Å². The SMILES string of the molecule is CCCCC1(CC)CS(=O)(=O)c2cc(O)c(O)cc2C(c2ccccc2)N1O. The fourth-order valence-corrected chi connectivity index (χ4v) is 6.21. The van der Waals surface area contributed by atoms with Crippen LogP contribution < -0.4 is 0 Å². The Bertz CT molecular complexity index is 945. The molecule has 0 aromatic heterocycles. The largest absolute Gasteiger partial charge is 0.504 e. The van der Waals surface area contributed by atoms with Crippen molar-refractivity contribution in [3.63, 3.8) is 0 Å². The van der Waals surface area contributed by atoms with Gasteiger partial charge in [-0.15, -0.1) is 0 Å². The van der Waals surface area contributed by atoms with Crippen molar-refractivity contribution < 1.29 is 23.8 Å². The van der Waals surface area contributed by atoms with E-state index in [9.17, 15) is 23.8 Å². The molecular weight excluding hydrogens is 378 g/mol. The van der Waals surface area contributed by atoms with Crippen molar-refractivity contribution in [1.29, 1.82) is 0 Å². The van der Waals surface area contributed by atoms with E-state index < -0.39 is 32.9 Å². The second-order valence-corrected chi connectivity index (χ2v) is 9.44. The molecule has 0 fully saturated rings. The first kappa shape index (κ1) is 20.6. The maximum absolute atomic E-state index is 13.3. The highest BCUT2D eigenvalue weighted by Crippen LogP contribution is 2.46. The van der Waals surface area contributed by atoms with Crippen LogP contribution in [0.1, 0.15) is 56.7 Å². The predicted octanol–water partition coefficient (Wildman–Crippen LogP) is 4.00. The summed E-state index contributed by atoms with van der Waals surface area (Å²) in [5.41, 5.74) is -0.00170. The predicted molar refractivity (Wildman–Crippen MR) is 106 cm³/mol. The molecule has 3 rings (SSSR count). The van der Waals surface area contributed by atoms with Gasteiger partial charge < -0.3 is 15.4 Å². The fraction of sp³-hybridized carbons (Fsp3) is 0.429. The third kappa shape index (κ3) is 3.50. The minimum atomic E-state index is -3.81. The molecule has 0 aliphatic carbocycles. The van der Waals surface area contributed by atoms with E-state index in [1.807, 2.05) is 44.2 Å². The van der Waals surface area contributed by atoms with Crippen molar-refractivity contribution in [2.24, 2.45) is 0 Å². The zero-order valence-electron chi connectivity index (χ0n) is 16.2. The lowest BCUT2D eigenvalue weighted by Gasteiger charge is -2.42. The first-order valence-electron chi connectivity index (χ1n) is 9.57. The minimum Gasteiger partial charge on any atom is -0.504 e. The molecule has 0 bridgehead atoms. The van der Waals surface area contributed by atoms with E-state index in [4.69, 9.17) is 0 Å². The number of hydrogen-bond acceptors (Lipinski definition) is 6. The van der Waals surface area contributed by atoms with Crippen LogP contribution in [0.2, 0.25) is 0 Å². The van der Waals surface area contributed by atoms with Crippen molar-refractivity contribution in [2.45, 2.75) is 56.0 Å². The van der Waals surface area contributed by atoms with Gasteiger partial charge in [0.25, 0.3) is 0 Å². The Kier molecular flexibility index (Phi) is 5.70. The number of aromatic hydroxyl groups is 2. The summed E-state index contributed by atoms with van der Waals surface area (Å²) in [6.45, 7) is 3.90. The number of nitrogens with zero attached hydrogens (tertiary/aromatic N) is 1. The van der Waals surface area contributed by atoms with Crippen LogP contribution in [0.15, 0.2) is 47.4 Å². The number of hydrogen-bond donors (Lipinski definition) is 3. The van der Waals surface area contributed by atoms with Crippen LogP contribution in [0.4, 0.5) is 0 Å². The molecule has 7 heteroatoms. The Morgan fingerprint density at radius 1 is 1.11 bits per heavy atom. The molecule has 2 atom stereocenters. The Morgan fingerprint density at radius 2 is 1.75 bits per heavy atom. The van der Waals surface area contributed by atoms with Crippen LogP contribution in [0.5, 0.6) is 11.5 Å². The second-order valence-electron chi connectivity index (χ2n) is 7.48. The Hall–Kier alpha value is -2.09. The van der Waals surface area contributed by atoms with Gasteiger partial charge in [0.2, 0.25) is 0 Å². The van der Waals surface area contributed by atoms with E-state index in [0.29, 0.717) is 18.4 Å². The van der Waals surface area contributed by atoms with Crippen LogP contribution in [0, 0.1) is 0 Å². The van der Waals surface area contributed by atoms with Crippen molar-refractivity contribution in [3.05, 3.63) is 53.6 Å². The molecule has 0 radical (unpaired) electrons. The molecule has 1 heterocycles. The van der Waals surface area contributed by atoms with Crippen LogP contribution in [0.25, 0.3) is 0 Å². The van der Waals surface area contributed by atoms with Gasteiger partial charge in [0.1, 0.15) is 0 Å². The summed E-state index contributed by atoms with van der Waals surface area (Å²) < 4.78 is 26.6. The first-order valence-corrected chi connectivity index (χ1v) is 11.2. The Morgan fingerprint density at radius 3 is 2.36 bits per heavy atom. The lowest BCUT2D eigenvalue weighted by atomic mass is 9.87. The Balaban J connectivity index is 2.32. The molecule has 3 N–H and O–H groups in total. The summed E-state index contributed by atoms with van der Waals surface area (Å²) >= 11 is 0. The highest BCUT2D eigenvalue weighted by molar-refractivity contribution is 7.91. The summed E-state index contributed by atoms with van der Waals surface area (Å²) in [7, 11) is -3.81. The van der Waals surface area contributed by atoms with Crippen molar-refractivity contribution in [2.75, 3.05) is 5.75 Å². The van der Waals surface area contributed by atoms with Crippen LogP contribution in [-0.4, -0.2) is 40.2 Å². The molecule has 0 saturated heterocycles. The molecule has 2 aromatic rings. The lowest BCUT2D eigenvalue weighted by Crippen LogP contribution is -2.51. The van der Waals surface area contributed by atoms with Crippen molar-refractivity contribution in [1.82, 2.24) is 5.06 Å². The van der Waals surface area contributed by atoms with E-state index in [0.717, 1.165) is 24.0 Å². The molecule has 2 aromatic carbocycles. The highest BCUT2D eigenvalue weighted by atomic mass is 32.2. The second kappa shape index (κ2) is 7.73. The van der Waals surface area contributed by atoms with E-state index >= 15 is 0 Å². The molecule has 1 aliphatic rings.